The third-order valence-corrected chi connectivity index (χ3v) is 3.24. The molecule has 102 valence electrons. The fourth-order valence-corrected chi connectivity index (χ4v) is 2.42. The first kappa shape index (κ1) is 13.9. The summed E-state index contributed by atoms with van der Waals surface area (Å²) in [6.07, 6.45) is -4.36. The molecule has 2 nitrogen and oxygen atoms in total. The molecule has 0 atom stereocenters. The van der Waals surface area contributed by atoms with Crippen LogP contribution in [-0.4, -0.2) is 12.8 Å². The van der Waals surface area contributed by atoms with Gasteiger partial charge >= 0.3 is 6.18 Å². The number of benzene rings is 1. The predicted octanol–water partition coefficient (Wildman–Crippen LogP) is 3.81. The highest BCUT2D eigenvalue weighted by Crippen LogP contribution is 2.32. The SMILES string of the molecule is NCc1c(OCC(F)(F)F)cccc1-c1ccsc1. The number of halogens is 3. The van der Waals surface area contributed by atoms with E-state index >= 15 is 0 Å². The third kappa shape index (κ3) is 3.48. The molecule has 1 heterocycles. The van der Waals surface area contributed by atoms with Gasteiger partial charge in [-0.3, -0.25) is 0 Å². The van der Waals surface area contributed by atoms with Crippen molar-refractivity contribution in [3.63, 3.8) is 0 Å². The van der Waals surface area contributed by atoms with E-state index in [2.05, 4.69) is 0 Å². The van der Waals surface area contributed by atoms with Crippen LogP contribution < -0.4 is 10.5 Å². The van der Waals surface area contributed by atoms with Gasteiger partial charge in [-0.1, -0.05) is 12.1 Å². The zero-order chi connectivity index (χ0) is 13.9. The highest BCUT2D eigenvalue weighted by atomic mass is 32.1. The summed E-state index contributed by atoms with van der Waals surface area (Å²) in [7, 11) is 0. The van der Waals surface area contributed by atoms with Crippen molar-refractivity contribution in [3.8, 4) is 16.9 Å². The predicted molar refractivity (Wildman–Crippen MR) is 69.2 cm³/mol. The van der Waals surface area contributed by atoms with Crippen LogP contribution in [0.1, 0.15) is 5.56 Å². The summed E-state index contributed by atoms with van der Waals surface area (Å²) >= 11 is 1.52. The number of ether oxygens (including phenoxy) is 1. The van der Waals surface area contributed by atoms with Gasteiger partial charge in [-0.05, 0) is 34.0 Å². The standard InChI is InChI=1S/C13H12F3NOS/c14-13(15,16)8-18-12-3-1-2-10(11(12)6-17)9-4-5-19-7-9/h1-5,7H,6,8,17H2. The van der Waals surface area contributed by atoms with Gasteiger partial charge in [0.25, 0.3) is 0 Å². The van der Waals surface area contributed by atoms with E-state index in [-0.39, 0.29) is 12.3 Å². The Hall–Kier alpha value is -1.53. The normalized spacial score (nSPS) is 11.6. The molecule has 0 aliphatic heterocycles. The second-order valence-corrected chi connectivity index (χ2v) is 4.68. The van der Waals surface area contributed by atoms with Gasteiger partial charge in [0.05, 0.1) is 0 Å². The summed E-state index contributed by atoms with van der Waals surface area (Å²) in [6, 6.07) is 6.89. The number of nitrogens with two attached hydrogens (primary N) is 1. The summed E-state index contributed by atoms with van der Waals surface area (Å²) in [5.74, 6) is 0.184. The van der Waals surface area contributed by atoms with Gasteiger partial charge in [0.15, 0.2) is 6.61 Å². The molecule has 0 spiro atoms. The lowest BCUT2D eigenvalue weighted by Crippen LogP contribution is -2.20. The summed E-state index contributed by atoms with van der Waals surface area (Å²) in [4.78, 5) is 0. The molecule has 0 unspecified atom stereocenters. The Balaban J connectivity index is 2.32. The molecule has 2 N–H and O–H groups in total. The second-order valence-electron chi connectivity index (χ2n) is 3.90. The Morgan fingerprint density at radius 1 is 1.21 bits per heavy atom. The molecule has 6 heteroatoms. The average molecular weight is 287 g/mol. The zero-order valence-corrected chi connectivity index (χ0v) is 10.7. The van der Waals surface area contributed by atoms with Gasteiger partial charge in [0.2, 0.25) is 0 Å². The van der Waals surface area contributed by atoms with E-state index in [1.165, 1.54) is 17.4 Å². The quantitative estimate of drug-likeness (QED) is 0.928. The molecule has 2 aromatic rings. The second kappa shape index (κ2) is 5.63. The van der Waals surface area contributed by atoms with E-state index in [1.807, 2.05) is 22.9 Å². The molecule has 19 heavy (non-hydrogen) atoms. The van der Waals surface area contributed by atoms with E-state index in [0.717, 1.165) is 11.1 Å². The lowest BCUT2D eigenvalue weighted by Gasteiger charge is -2.15. The summed E-state index contributed by atoms with van der Waals surface area (Å²) in [5, 5.41) is 3.82. The van der Waals surface area contributed by atoms with Crippen molar-refractivity contribution < 1.29 is 17.9 Å². The van der Waals surface area contributed by atoms with Crippen molar-refractivity contribution >= 4 is 11.3 Å². The first-order chi connectivity index (χ1) is 9.01. The van der Waals surface area contributed by atoms with E-state index < -0.39 is 12.8 Å². The van der Waals surface area contributed by atoms with Crippen molar-refractivity contribution in [2.75, 3.05) is 6.61 Å². The summed E-state index contributed by atoms with van der Waals surface area (Å²) in [5.41, 5.74) is 7.97. The smallest absolute Gasteiger partial charge is 0.422 e. The van der Waals surface area contributed by atoms with Crippen molar-refractivity contribution in [2.24, 2.45) is 5.73 Å². The first-order valence-electron chi connectivity index (χ1n) is 5.55. The van der Waals surface area contributed by atoms with Crippen LogP contribution in [0.15, 0.2) is 35.0 Å². The van der Waals surface area contributed by atoms with Gasteiger partial charge in [-0.25, -0.2) is 0 Å². The summed E-state index contributed by atoms with van der Waals surface area (Å²) < 4.78 is 41.4. The van der Waals surface area contributed by atoms with Crippen molar-refractivity contribution in [2.45, 2.75) is 12.7 Å². The van der Waals surface area contributed by atoms with Crippen LogP contribution in [0.4, 0.5) is 13.2 Å². The van der Waals surface area contributed by atoms with Crippen LogP contribution in [-0.2, 0) is 6.54 Å². The fourth-order valence-electron chi connectivity index (χ4n) is 1.76. The molecule has 0 fully saturated rings. The topological polar surface area (TPSA) is 35.2 Å². The first-order valence-corrected chi connectivity index (χ1v) is 6.49. The molecule has 0 bridgehead atoms. The molecule has 0 saturated heterocycles. The number of rotatable bonds is 4. The molecule has 0 aliphatic carbocycles. The minimum Gasteiger partial charge on any atom is -0.484 e. The van der Waals surface area contributed by atoms with Crippen LogP contribution in [0.3, 0.4) is 0 Å². The minimum atomic E-state index is -4.36. The van der Waals surface area contributed by atoms with Gasteiger partial charge in [-0.15, -0.1) is 0 Å². The van der Waals surface area contributed by atoms with E-state index in [0.29, 0.717) is 5.56 Å². The maximum absolute atomic E-state index is 12.2. The van der Waals surface area contributed by atoms with Crippen molar-refractivity contribution in [3.05, 3.63) is 40.6 Å². The maximum Gasteiger partial charge on any atom is 0.422 e. The Bertz CT molecular complexity index is 537. The molecule has 0 radical (unpaired) electrons. The van der Waals surface area contributed by atoms with Gasteiger partial charge in [0.1, 0.15) is 5.75 Å². The van der Waals surface area contributed by atoms with Crippen molar-refractivity contribution in [1.29, 1.82) is 0 Å². The van der Waals surface area contributed by atoms with E-state index in [4.69, 9.17) is 10.5 Å². The number of thiophene rings is 1. The monoisotopic (exact) mass is 287 g/mol. The van der Waals surface area contributed by atoms with Crippen LogP contribution in [0.5, 0.6) is 5.75 Å². The van der Waals surface area contributed by atoms with Gasteiger partial charge < -0.3 is 10.5 Å². The molecule has 1 aromatic heterocycles. The molecule has 0 saturated carbocycles. The molecule has 0 aliphatic rings. The number of hydrogen-bond donors (Lipinski definition) is 1. The highest BCUT2D eigenvalue weighted by molar-refractivity contribution is 7.08. The third-order valence-electron chi connectivity index (χ3n) is 2.56. The Morgan fingerprint density at radius 3 is 2.58 bits per heavy atom. The minimum absolute atomic E-state index is 0.124. The van der Waals surface area contributed by atoms with E-state index in [1.54, 1.807) is 6.07 Å². The summed E-state index contributed by atoms with van der Waals surface area (Å²) in [6.45, 7) is -1.19. The average Bonchev–Trinajstić information content (AvgIpc) is 2.88. The molecule has 0 amide bonds. The van der Waals surface area contributed by atoms with Gasteiger partial charge in [0, 0.05) is 12.1 Å². The van der Waals surface area contributed by atoms with Crippen LogP contribution in [0.25, 0.3) is 11.1 Å². The van der Waals surface area contributed by atoms with Crippen LogP contribution >= 0.6 is 11.3 Å². The van der Waals surface area contributed by atoms with Crippen molar-refractivity contribution in [1.82, 2.24) is 0 Å². The number of alkyl halides is 3. The lowest BCUT2D eigenvalue weighted by molar-refractivity contribution is -0.153. The van der Waals surface area contributed by atoms with Gasteiger partial charge in [-0.2, -0.15) is 24.5 Å². The van der Waals surface area contributed by atoms with Crippen LogP contribution in [0.2, 0.25) is 0 Å². The Morgan fingerprint density at radius 2 is 2.00 bits per heavy atom. The Labute approximate surface area is 112 Å². The largest absolute Gasteiger partial charge is 0.484 e. The van der Waals surface area contributed by atoms with E-state index in [9.17, 15) is 13.2 Å². The molecule has 2 rings (SSSR count). The molecular formula is C13H12F3NOS. The lowest BCUT2D eigenvalue weighted by atomic mass is 10.0. The number of hydrogen-bond acceptors (Lipinski definition) is 3. The zero-order valence-electron chi connectivity index (χ0n) is 9.91. The Kier molecular flexibility index (Phi) is 4.11. The molecular weight excluding hydrogens is 275 g/mol. The highest BCUT2D eigenvalue weighted by Gasteiger charge is 2.29. The van der Waals surface area contributed by atoms with Crippen LogP contribution in [0, 0.1) is 0 Å². The fraction of sp³-hybridized carbons (Fsp3) is 0.231. The maximum atomic E-state index is 12.2. The molecule has 1 aromatic carbocycles.